The summed E-state index contributed by atoms with van der Waals surface area (Å²) in [5.74, 6) is -0.276. The van der Waals surface area contributed by atoms with Gasteiger partial charge in [-0.1, -0.05) is 11.6 Å². The maximum atomic E-state index is 15.1. The van der Waals surface area contributed by atoms with Gasteiger partial charge >= 0.3 is 0 Å². The van der Waals surface area contributed by atoms with Gasteiger partial charge in [0.05, 0.1) is 23.7 Å². The van der Waals surface area contributed by atoms with E-state index in [9.17, 15) is 4.79 Å². The standard InChI is InChI=1S/C26H24ClFN4O2/c1-31-14-17(13-29-31)24-10-15(7-8-34-24)16-9-23(19-6-5-18(27)12-21(19)28)32-25(11-16)30-22-4-2-3-20(22)26(32)33/h5-6,9,11-15,24H,2-4,7-8,10H2,1H3. The number of aryl methyl sites for hydroxylation is 2. The van der Waals surface area contributed by atoms with Crippen LogP contribution in [0.2, 0.25) is 5.02 Å². The van der Waals surface area contributed by atoms with Crippen LogP contribution in [0.15, 0.2) is 47.5 Å². The monoisotopic (exact) mass is 478 g/mol. The van der Waals surface area contributed by atoms with Crippen molar-refractivity contribution in [3.05, 3.63) is 86.3 Å². The van der Waals surface area contributed by atoms with Crippen LogP contribution < -0.4 is 5.56 Å². The van der Waals surface area contributed by atoms with Gasteiger partial charge in [0.2, 0.25) is 0 Å². The minimum absolute atomic E-state index is 0.0606. The van der Waals surface area contributed by atoms with Crippen molar-refractivity contribution in [1.82, 2.24) is 19.2 Å². The smallest absolute Gasteiger partial charge is 0.261 e. The number of nitrogens with zero attached hydrogens (tertiary/aromatic N) is 4. The van der Waals surface area contributed by atoms with Crippen LogP contribution in [-0.4, -0.2) is 25.8 Å². The van der Waals surface area contributed by atoms with Gasteiger partial charge < -0.3 is 4.74 Å². The highest BCUT2D eigenvalue weighted by Gasteiger charge is 2.28. The van der Waals surface area contributed by atoms with Gasteiger partial charge in [0.1, 0.15) is 11.5 Å². The van der Waals surface area contributed by atoms with E-state index in [-0.39, 0.29) is 17.6 Å². The molecule has 1 aliphatic carbocycles. The largest absolute Gasteiger partial charge is 0.373 e. The molecule has 1 aromatic carbocycles. The summed E-state index contributed by atoms with van der Waals surface area (Å²) < 4.78 is 24.5. The Labute approximate surface area is 201 Å². The van der Waals surface area contributed by atoms with Crippen molar-refractivity contribution < 1.29 is 9.13 Å². The number of rotatable bonds is 3. The average Bonchev–Trinajstić information content (AvgIpc) is 3.48. The van der Waals surface area contributed by atoms with Crippen LogP contribution in [0.25, 0.3) is 16.9 Å². The SMILES string of the molecule is Cn1cc(C2CC(c3cc(-c4ccc(Cl)cc4F)n4c(=O)c5c(nc4c3)CCC5)CCO2)cn1. The molecule has 2 unspecified atom stereocenters. The maximum Gasteiger partial charge on any atom is 0.261 e. The Bertz CT molecular complexity index is 1480. The molecular formula is C26H24ClFN4O2. The summed E-state index contributed by atoms with van der Waals surface area (Å²) in [4.78, 5) is 18.3. The summed E-state index contributed by atoms with van der Waals surface area (Å²) in [6, 6.07) is 8.51. The number of benzene rings is 1. The van der Waals surface area contributed by atoms with Crippen LogP contribution in [0.5, 0.6) is 0 Å². The molecule has 1 fully saturated rings. The predicted octanol–water partition coefficient (Wildman–Crippen LogP) is 5.01. The van der Waals surface area contributed by atoms with E-state index in [0.717, 1.165) is 48.1 Å². The molecule has 0 N–H and O–H groups in total. The summed E-state index contributed by atoms with van der Waals surface area (Å²) in [6.45, 7) is 0.616. The van der Waals surface area contributed by atoms with Crippen molar-refractivity contribution in [3.8, 4) is 11.3 Å². The van der Waals surface area contributed by atoms with Crippen molar-refractivity contribution in [2.75, 3.05) is 6.61 Å². The van der Waals surface area contributed by atoms with Gasteiger partial charge in [-0.3, -0.25) is 13.9 Å². The van der Waals surface area contributed by atoms with Gasteiger partial charge in [0.25, 0.3) is 5.56 Å². The van der Waals surface area contributed by atoms with Crippen LogP contribution in [0.1, 0.15) is 53.7 Å². The molecule has 2 aliphatic rings. The first-order valence-electron chi connectivity index (χ1n) is 11.6. The molecule has 0 radical (unpaired) electrons. The van der Waals surface area contributed by atoms with E-state index in [2.05, 4.69) is 5.10 Å². The summed E-state index contributed by atoms with van der Waals surface area (Å²) in [6.07, 6.45) is 7.80. The second-order valence-electron chi connectivity index (χ2n) is 9.22. The molecule has 8 heteroatoms. The lowest BCUT2D eigenvalue weighted by atomic mass is 9.86. The first-order chi connectivity index (χ1) is 16.5. The highest BCUT2D eigenvalue weighted by atomic mass is 35.5. The van der Waals surface area contributed by atoms with Gasteiger partial charge in [-0.15, -0.1) is 0 Å². The Hall–Kier alpha value is -3.03. The van der Waals surface area contributed by atoms with Crippen LogP contribution >= 0.6 is 11.6 Å². The molecule has 2 atom stereocenters. The second kappa shape index (κ2) is 8.32. The van der Waals surface area contributed by atoms with E-state index in [0.29, 0.717) is 35.0 Å². The Morgan fingerprint density at radius 3 is 2.85 bits per heavy atom. The van der Waals surface area contributed by atoms with Crippen LogP contribution in [0.3, 0.4) is 0 Å². The fraction of sp³-hybridized carbons (Fsp3) is 0.346. The number of fused-ring (bicyclic) bond motifs is 2. The van der Waals surface area contributed by atoms with Crippen molar-refractivity contribution in [3.63, 3.8) is 0 Å². The number of halogens is 2. The third-order valence-corrected chi connectivity index (χ3v) is 7.26. The molecule has 0 bridgehead atoms. The molecule has 174 valence electrons. The molecule has 34 heavy (non-hydrogen) atoms. The van der Waals surface area contributed by atoms with Crippen molar-refractivity contribution >= 4 is 17.2 Å². The number of hydrogen-bond donors (Lipinski definition) is 0. The van der Waals surface area contributed by atoms with E-state index >= 15 is 4.39 Å². The van der Waals surface area contributed by atoms with E-state index in [1.807, 2.05) is 31.6 Å². The lowest BCUT2D eigenvalue weighted by Crippen LogP contribution is -2.23. The number of hydrogen-bond acceptors (Lipinski definition) is 4. The molecule has 6 rings (SSSR count). The normalized spacial score (nSPS) is 20.1. The first kappa shape index (κ1) is 21.5. The number of aromatic nitrogens is 4. The quantitative estimate of drug-likeness (QED) is 0.415. The molecule has 6 nitrogen and oxygen atoms in total. The van der Waals surface area contributed by atoms with Crippen molar-refractivity contribution in [1.29, 1.82) is 0 Å². The third kappa shape index (κ3) is 3.63. The molecule has 3 aromatic heterocycles. The van der Waals surface area contributed by atoms with E-state index in [4.69, 9.17) is 21.3 Å². The van der Waals surface area contributed by atoms with Crippen molar-refractivity contribution in [2.45, 2.75) is 44.1 Å². The first-order valence-corrected chi connectivity index (χ1v) is 12.0. The van der Waals surface area contributed by atoms with E-state index in [1.165, 1.54) is 6.07 Å². The van der Waals surface area contributed by atoms with Crippen molar-refractivity contribution in [2.24, 2.45) is 7.05 Å². The van der Waals surface area contributed by atoms with Gasteiger partial charge in [0.15, 0.2) is 0 Å². The molecule has 4 heterocycles. The minimum atomic E-state index is -0.460. The molecule has 4 aromatic rings. The predicted molar refractivity (Wildman–Crippen MR) is 128 cm³/mol. The van der Waals surface area contributed by atoms with Gasteiger partial charge in [-0.2, -0.15) is 5.10 Å². The van der Waals surface area contributed by atoms with E-state index < -0.39 is 5.82 Å². The lowest BCUT2D eigenvalue weighted by Gasteiger charge is -2.30. The Kier molecular flexibility index (Phi) is 5.26. The highest BCUT2D eigenvalue weighted by molar-refractivity contribution is 6.30. The molecule has 0 spiro atoms. The van der Waals surface area contributed by atoms with Crippen LogP contribution in [0, 0.1) is 5.82 Å². The Morgan fingerprint density at radius 1 is 1.18 bits per heavy atom. The Balaban J connectivity index is 1.52. The summed E-state index contributed by atoms with van der Waals surface area (Å²) in [7, 11) is 1.89. The number of ether oxygens (including phenoxy) is 1. The zero-order chi connectivity index (χ0) is 23.4. The zero-order valence-corrected chi connectivity index (χ0v) is 19.6. The fourth-order valence-electron chi connectivity index (χ4n) is 5.32. The summed E-state index contributed by atoms with van der Waals surface area (Å²) in [5, 5.41) is 4.60. The van der Waals surface area contributed by atoms with Crippen LogP contribution in [0.4, 0.5) is 4.39 Å². The minimum Gasteiger partial charge on any atom is -0.373 e. The molecule has 1 saturated heterocycles. The molecule has 0 saturated carbocycles. The molecule has 1 aliphatic heterocycles. The topological polar surface area (TPSA) is 61.4 Å². The Morgan fingerprint density at radius 2 is 2.06 bits per heavy atom. The molecular weight excluding hydrogens is 455 g/mol. The van der Waals surface area contributed by atoms with Crippen LogP contribution in [-0.2, 0) is 24.6 Å². The fourth-order valence-corrected chi connectivity index (χ4v) is 5.48. The lowest BCUT2D eigenvalue weighted by molar-refractivity contribution is 0.00523. The van der Waals surface area contributed by atoms with E-state index in [1.54, 1.807) is 21.2 Å². The summed E-state index contributed by atoms with van der Waals surface area (Å²) >= 11 is 6.02. The zero-order valence-electron chi connectivity index (χ0n) is 18.8. The molecule has 0 amide bonds. The second-order valence-corrected chi connectivity index (χ2v) is 9.65. The average molecular weight is 479 g/mol. The van der Waals surface area contributed by atoms with Gasteiger partial charge in [0, 0.05) is 41.6 Å². The summed E-state index contributed by atoms with van der Waals surface area (Å²) in [5.41, 5.74) is 5.00. The van der Waals surface area contributed by atoms with Gasteiger partial charge in [-0.05, 0) is 73.9 Å². The number of pyridine rings is 1. The maximum absolute atomic E-state index is 15.1. The third-order valence-electron chi connectivity index (χ3n) is 7.03. The van der Waals surface area contributed by atoms with Gasteiger partial charge in [-0.25, -0.2) is 9.37 Å². The highest BCUT2D eigenvalue weighted by Crippen LogP contribution is 2.39.